The van der Waals surface area contributed by atoms with Crippen LogP contribution in [0.15, 0.2) is 48.5 Å². The Morgan fingerprint density at radius 1 is 1.14 bits per heavy atom. The molecule has 1 fully saturated rings. The van der Waals surface area contributed by atoms with Crippen molar-refractivity contribution in [3.63, 3.8) is 0 Å². The first-order chi connectivity index (χ1) is 14.0. The lowest BCUT2D eigenvalue weighted by atomic mass is 9.95. The van der Waals surface area contributed by atoms with Crippen LogP contribution in [0.2, 0.25) is 0 Å². The second-order valence-corrected chi connectivity index (χ2v) is 8.31. The molecule has 0 aromatic heterocycles. The first-order valence-corrected chi connectivity index (χ1v) is 10.9. The highest BCUT2D eigenvalue weighted by Crippen LogP contribution is 2.23. The van der Waals surface area contributed by atoms with Gasteiger partial charge >= 0.3 is 0 Å². The van der Waals surface area contributed by atoms with E-state index < -0.39 is 0 Å². The summed E-state index contributed by atoms with van der Waals surface area (Å²) in [5, 5.41) is 3.14. The predicted octanol–water partition coefficient (Wildman–Crippen LogP) is 4.75. The van der Waals surface area contributed by atoms with Gasteiger partial charge in [-0.3, -0.25) is 4.79 Å². The molecule has 0 saturated carbocycles. The first kappa shape index (κ1) is 21.2. The maximum atomic E-state index is 12.5. The summed E-state index contributed by atoms with van der Waals surface area (Å²) in [7, 11) is 0. The number of nitrogens with one attached hydrogen (secondary N) is 1. The van der Waals surface area contributed by atoms with Gasteiger partial charge in [0.1, 0.15) is 5.75 Å². The second-order valence-electron chi connectivity index (χ2n) is 8.31. The Labute approximate surface area is 175 Å². The molecule has 156 valence electrons. The molecule has 29 heavy (non-hydrogen) atoms. The van der Waals surface area contributed by atoms with E-state index >= 15 is 0 Å². The van der Waals surface area contributed by atoms with Gasteiger partial charge in [-0.05, 0) is 76.3 Å². The van der Waals surface area contributed by atoms with Crippen LogP contribution in [0.1, 0.15) is 44.2 Å². The van der Waals surface area contributed by atoms with Gasteiger partial charge < -0.3 is 15.0 Å². The number of amides is 1. The lowest BCUT2D eigenvalue weighted by molar-refractivity contribution is -0.125. The number of carbonyl (C=O) groups excluding carboxylic acids is 1. The normalized spacial score (nSPS) is 14.8. The number of nitrogens with zero attached hydrogens (tertiary/aromatic N) is 1. The number of carbonyl (C=O) groups is 1. The molecule has 0 radical (unpaired) electrons. The van der Waals surface area contributed by atoms with Gasteiger partial charge in [-0.25, -0.2) is 0 Å². The van der Waals surface area contributed by atoms with Crippen LogP contribution in [0.5, 0.6) is 5.75 Å². The molecule has 0 bridgehead atoms. The monoisotopic (exact) mass is 394 g/mol. The molecule has 1 amide bonds. The van der Waals surface area contributed by atoms with Gasteiger partial charge in [0.05, 0.1) is 6.10 Å². The number of ether oxygens (including phenoxy) is 1. The molecule has 3 rings (SSSR count). The molecule has 0 spiro atoms. The topological polar surface area (TPSA) is 41.6 Å². The fourth-order valence-electron chi connectivity index (χ4n) is 3.85. The van der Waals surface area contributed by atoms with Crippen LogP contribution in [0, 0.1) is 12.8 Å². The van der Waals surface area contributed by atoms with E-state index in [0.717, 1.165) is 51.1 Å². The molecule has 1 aliphatic heterocycles. The van der Waals surface area contributed by atoms with Crippen molar-refractivity contribution in [3.8, 4) is 5.75 Å². The molecule has 1 aliphatic rings. The number of benzene rings is 2. The molecule has 2 aromatic rings. The van der Waals surface area contributed by atoms with E-state index in [-0.39, 0.29) is 17.9 Å². The summed E-state index contributed by atoms with van der Waals surface area (Å²) in [6.07, 6.45) is 3.92. The van der Waals surface area contributed by atoms with E-state index in [2.05, 4.69) is 53.5 Å². The summed E-state index contributed by atoms with van der Waals surface area (Å²) in [6, 6.07) is 16.9. The van der Waals surface area contributed by atoms with Gasteiger partial charge in [-0.1, -0.05) is 29.8 Å². The fourth-order valence-corrected chi connectivity index (χ4v) is 3.85. The number of anilines is 1. The second kappa shape index (κ2) is 10.3. The summed E-state index contributed by atoms with van der Waals surface area (Å²) < 4.78 is 5.75. The van der Waals surface area contributed by atoms with Crippen LogP contribution in [0.3, 0.4) is 0 Å². The highest BCUT2D eigenvalue weighted by atomic mass is 16.5. The summed E-state index contributed by atoms with van der Waals surface area (Å²) >= 11 is 0. The van der Waals surface area contributed by atoms with Crippen molar-refractivity contribution < 1.29 is 9.53 Å². The quantitative estimate of drug-likeness (QED) is 0.657. The van der Waals surface area contributed by atoms with Gasteiger partial charge in [0, 0.05) is 31.2 Å². The minimum Gasteiger partial charge on any atom is -0.491 e. The lowest BCUT2D eigenvalue weighted by Gasteiger charge is -2.33. The average molecular weight is 395 g/mol. The molecule has 4 heteroatoms. The van der Waals surface area contributed by atoms with E-state index in [4.69, 9.17) is 4.74 Å². The van der Waals surface area contributed by atoms with Crippen molar-refractivity contribution in [2.75, 3.05) is 24.5 Å². The highest BCUT2D eigenvalue weighted by Gasteiger charge is 2.24. The zero-order chi connectivity index (χ0) is 20.6. The van der Waals surface area contributed by atoms with Gasteiger partial charge in [-0.15, -0.1) is 0 Å². The van der Waals surface area contributed by atoms with Crippen LogP contribution in [-0.4, -0.2) is 31.6 Å². The van der Waals surface area contributed by atoms with Gasteiger partial charge in [0.15, 0.2) is 0 Å². The SMILES string of the molecule is Cc1ccc(N2CCC(C(=O)NCCCc3cccc(OC(C)C)c3)CC2)cc1. The molecule has 0 atom stereocenters. The molecule has 4 nitrogen and oxygen atoms in total. The third-order valence-electron chi connectivity index (χ3n) is 5.48. The Bertz CT molecular complexity index is 778. The van der Waals surface area contributed by atoms with Crippen molar-refractivity contribution in [3.05, 3.63) is 59.7 Å². The Hall–Kier alpha value is -2.49. The fraction of sp³-hybridized carbons (Fsp3) is 0.480. The maximum Gasteiger partial charge on any atom is 0.223 e. The predicted molar refractivity (Wildman–Crippen MR) is 120 cm³/mol. The zero-order valence-corrected chi connectivity index (χ0v) is 18.0. The van der Waals surface area contributed by atoms with E-state index in [0.29, 0.717) is 0 Å². The largest absolute Gasteiger partial charge is 0.491 e. The van der Waals surface area contributed by atoms with Crippen LogP contribution in [0.25, 0.3) is 0 Å². The molecule has 1 heterocycles. The average Bonchev–Trinajstić information content (AvgIpc) is 2.71. The Morgan fingerprint density at radius 2 is 1.86 bits per heavy atom. The third-order valence-corrected chi connectivity index (χ3v) is 5.48. The number of hydrogen-bond donors (Lipinski definition) is 1. The Morgan fingerprint density at radius 3 is 2.55 bits per heavy atom. The van der Waals surface area contributed by atoms with E-state index in [9.17, 15) is 4.79 Å². The summed E-state index contributed by atoms with van der Waals surface area (Å²) in [5.41, 5.74) is 3.80. The van der Waals surface area contributed by atoms with E-state index in [1.165, 1.54) is 16.8 Å². The number of aryl methyl sites for hydroxylation is 2. The van der Waals surface area contributed by atoms with Gasteiger partial charge in [0.25, 0.3) is 0 Å². The minimum atomic E-state index is 0.138. The molecule has 1 N–H and O–H groups in total. The van der Waals surface area contributed by atoms with Crippen LogP contribution >= 0.6 is 0 Å². The van der Waals surface area contributed by atoms with Crippen LogP contribution < -0.4 is 15.0 Å². The maximum absolute atomic E-state index is 12.5. The van der Waals surface area contributed by atoms with E-state index in [1.807, 2.05) is 26.0 Å². The number of piperidine rings is 1. The van der Waals surface area contributed by atoms with Crippen molar-refractivity contribution in [1.29, 1.82) is 0 Å². The van der Waals surface area contributed by atoms with E-state index in [1.54, 1.807) is 0 Å². The molecular formula is C25H34N2O2. The van der Waals surface area contributed by atoms with Crippen molar-refractivity contribution in [1.82, 2.24) is 5.32 Å². The van der Waals surface area contributed by atoms with Crippen molar-refractivity contribution in [2.45, 2.75) is 52.6 Å². The highest BCUT2D eigenvalue weighted by molar-refractivity contribution is 5.79. The van der Waals surface area contributed by atoms with Gasteiger partial charge in [-0.2, -0.15) is 0 Å². The molecular weight excluding hydrogens is 360 g/mol. The van der Waals surface area contributed by atoms with Crippen LogP contribution in [-0.2, 0) is 11.2 Å². The number of rotatable bonds is 8. The number of hydrogen-bond acceptors (Lipinski definition) is 3. The minimum absolute atomic E-state index is 0.138. The first-order valence-electron chi connectivity index (χ1n) is 10.9. The molecule has 2 aromatic carbocycles. The van der Waals surface area contributed by atoms with Crippen LogP contribution in [0.4, 0.5) is 5.69 Å². The van der Waals surface area contributed by atoms with Gasteiger partial charge in [0.2, 0.25) is 5.91 Å². The summed E-state index contributed by atoms with van der Waals surface area (Å²) in [5.74, 6) is 1.27. The van der Waals surface area contributed by atoms with Crippen molar-refractivity contribution >= 4 is 11.6 Å². The third kappa shape index (κ3) is 6.52. The summed E-state index contributed by atoms with van der Waals surface area (Å²) in [6.45, 7) is 8.80. The standard InChI is InChI=1S/C25H34N2O2/c1-19(2)29-24-8-4-6-21(18-24)7-5-15-26-25(28)22-13-16-27(17-14-22)23-11-9-20(3)10-12-23/h4,6,8-12,18-19,22H,5,7,13-17H2,1-3H3,(H,26,28). The van der Waals surface area contributed by atoms with Crippen molar-refractivity contribution in [2.24, 2.45) is 5.92 Å². The Balaban J connectivity index is 1.37. The smallest absolute Gasteiger partial charge is 0.223 e. The molecule has 1 saturated heterocycles. The summed E-state index contributed by atoms with van der Waals surface area (Å²) in [4.78, 5) is 14.9. The Kier molecular flexibility index (Phi) is 7.56. The lowest BCUT2D eigenvalue weighted by Crippen LogP contribution is -2.40. The molecule has 0 aliphatic carbocycles. The zero-order valence-electron chi connectivity index (χ0n) is 18.0. The molecule has 0 unspecified atom stereocenters.